The van der Waals surface area contributed by atoms with E-state index >= 15 is 0 Å². The van der Waals surface area contributed by atoms with E-state index in [4.69, 9.17) is 0 Å². The standard InChI is InChI=1S/C26H38N2O2/c1-23(26(30)24-17-11-9-12-18-24)27-25(29)19-13-7-5-3-2-4-6-8-14-20-28-21-15-10-16-22-28/h9-12,15-18,21-23,26,30H,2-8,13-14,19-20H2,1H3/p+1/t23-,26-/m1/s1. The number of carbonyl (C=O) groups excluding carboxylic acids is 1. The van der Waals surface area contributed by atoms with Gasteiger partial charge in [0.25, 0.3) is 0 Å². The SMILES string of the molecule is C[C@@H](NC(=O)CCCCCCCCCCC[n+]1ccccc1)[C@@H](O)c1ccccc1. The molecule has 1 heterocycles. The second-order valence-electron chi connectivity index (χ2n) is 8.26. The number of hydrogen-bond donors (Lipinski definition) is 2. The van der Waals surface area contributed by atoms with Gasteiger partial charge < -0.3 is 10.4 Å². The first kappa shape index (κ1) is 24.1. The highest BCUT2D eigenvalue weighted by Gasteiger charge is 2.17. The molecule has 4 nitrogen and oxygen atoms in total. The summed E-state index contributed by atoms with van der Waals surface area (Å²) in [5.74, 6) is 0.0359. The van der Waals surface area contributed by atoms with Crippen molar-refractivity contribution in [2.24, 2.45) is 0 Å². The van der Waals surface area contributed by atoms with Crippen LogP contribution in [0.25, 0.3) is 0 Å². The van der Waals surface area contributed by atoms with Crippen molar-refractivity contribution in [1.29, 1.82) is 0 Å². The highest BCUT2D eigenvalue weighted by atomic mass is 16.3. The first-order valence-electron chi connectivity index (χ1n) is 11.6. The van der Waals surface area contributed by atoms with E-state index in [1.54, 1.807) is 0 Å². The van der Waals surface area contributed by atoms with Gasteiger partial charge >= 0.3 is 0 Å². The van der Waals surface area contributed by atoms with Crippen molar-refractivity contribution in [2.75, 3.05) is 0 Å². The third-order valence-electron chi connectivity index (χ3n) is 5.60. The lowest BCUT2D eigenvalue weighted by atomic mass is 10.0. The summed E-state index contributed by atoms with van der Waals surface area (Å²) in [6.45, 7) is 2.97. The minimum Gasteiger partial charge on any atom is -0.386 e. The molecular formula is C26H39N2O2+. The van der Waals surface area contributed by atoms with Gasteiger partial charge in [-0.2, -0.15) is 0 Å². The number of aromatic nitrogens is 1. The molecule has 4 heteroatoms. The Morgan fingerprint density at radius 1 is 0.833 bits per heavy atom. The zero-order chi connectivity index (χ0) is 21.4. The van der Waals surface area contributed by atoms with E-state index < -0.39 is 6.10 Å². The molecule has 164 valence electrons. The Morgan fingerprint density at radius 2 is 1.37 bits per heavy atom. The van der Waals surface area contributed by atoms with Gasteiger partial charge in [0.2, 0.25) is 5.91 Å². The summed E-state index contributed by atoms with van der Waals surface area (Å²) >= 11 is 0. The van der Waals surface area contributed by atoms with Crippen LogP contribution in [0.5, 0.6) is 0 Å². The van der Waals surface area contributed by atoms with Gasteiger partial charge in [0, 0.05) is 25.0 Å². The highest BCUT2D eigenvalue weighted by molar-refractivity contribution is 5.76. The molecule has 0 aliphatic carbocycles. The quantitative estimate of drug-likeness (QED) is 0.316. The highest BCUT2D eigenvalue weighted by Crippen LogP contribution is 2.16. The summed E-state index contributed by atoms with van der Waals surface area (Å²) in [5.41, 5.74) is 0.837. The Bertz CT molecular complexity index is 691. The average molecular weight is 412 g/mol. The third kappa shape index (κ3) is 10.0. The summed E-state index contributed by atoms with van der Waals surface area (Å²) in [4.78, 5) is 12.1. The molecule has 2 atom stereocenters. The van der Waals surface area contributed by atoms with Crippen LogP contribution < -0.4 is 9.88 Å². The summed E-state index contributed by atoms with van der Waals surface area (Å²) in [6, 6.07) is 15.4. The molecule has 0 bridgehead atoms. The second kappa shape index (κ2) is 14.7. The van der Waals surface area contributed by atoms with Crippen molar-refractivity contribution in [3.8, 4) is 0 Å². The molecule has 30 heavy (non-hydrogen) atoms. The van der Waals surface area contributed by atoms with Gasteiger partial charge in [-0.15, -0.1) is 0 Å². The van der Waals surface area contributed by atoms with Gasteiger partial charge in [-0.25, -0.2) is 4.57 Å². The number of aryl methyl sites for hydroxylation is 1. The molecule has 0 unspecified atom stereocenters. The van der Waals surface area contributed by atoms with Crippen LogP contribution in [-0.2, 0) is 11.3 Å². The largest absolute Gasteiger partial charge is 0.386 e. The Balaban J connectivity index is 1.40. The molecule has 0 radical (unpaired) electrons. The van der Waals surface area contributed by atoms with Crippen LogP contribution in [0.4, 0.5) is 0 Å². The monoisotopic (exact) mass is 411 g/mol. The summed E-state index contributed by atoms with van der Waals surface area (Å²) < 4.78 is 2.25. The van der Waals surface area contributed by atoms with E-state index in [0.717, 1.165) is 24.9 Å². The Morgan fingerprint density at radius 3 is 2.00 bits per heavy atom. The maximum absolute atomic E-state index is 12.1. The number of pyridine rings is 1. The molecule has 0 spiro atoms. The van der Waals surface area contributed by atoms with E-state index in [-0.39, 0.29) is 11.9 Å². The van der Waals surface area contributed by atoms with Crippen LogP contribution in [0.2, 0.25) is 0 Å². The number of unbranched alkanes of at least 4 members (excludes halogenated alkanes) is 8. The number of aliphatic hydroxyl groups excluding tert-OH is 1. The first-order valence-corrected chi connectivity index (χ1v) is 11.6. The van der Waals surface area contributed by atoms with E-state index in [1.165, 1.54) is 44.9 Å². The van der Waals surface area contributed by atoms with Crippen LogP contribution in [0.15, 0.2) is 60.9 Å². The number of nitrogens with one attached hydrogen (secondary N) is 1. The smallest absolute Gasteiger partial charge is 0.220 e. The minimum absolute atomic E-state index is 0.0359. The fourth-order valence-corrected chi connectivity index (χ4v) is 3.74. The zero-order valence-electron chi connectivity index (χ0n) is 18.5. The van der Waals surface area contributed by atoms with E-state index in [1.807, 2.05) is 37.3 Å². The predicted molar refractivity (Wildman–Crippen MR) is 122 cm³/mol. The molecule has 2 rings (SSSR count). The molecule has 0 saturated heterocycles. The maximum atomic E-state index is 12.1. The van der Waals surface area contributed by atoms with E-state index in [9.17, 15) is 9.90 Å². The van der Waals surface area contributed by atoms with Crippen molar-refractivity contribution in [3.63, 3.8) is 0 Å². The molecule has 0 aliphatic heterocycles. The Kier molecular flexibility index (Phi) is 11.8. The number of carbonyl (C=O) groups is 1. The van der Waals surface area contributed by atoms with Crippen LogP contribution in [0, 0.1) is 0 Å². The number of amides is 1. The number of aliphatic hydroxyl groups is 1. The van der Waals surface area contributed by atoms with E-state index in [0.29, 0.717) is 6.42 Å². The summed E-state index contributed by atoms with van der Waals surface area (Å²) in [7, 11) is 0. The molecular weight excluding hydrogens is 372 g/mol. The van der Waals surface area contributed by atoms with Gasteiger partial charge in [0.1, 0.15) is 6.54 Å². The van der Waals surface area contributed by atoms with Crippen LogP contribution in [-0.4, -0.2) is 17.1 Å². The molecule has 2 N–H and O–H groups in total. The molecule has 1 aromatic carbocycles. The minimum atomic E-state index is -0.665. The molecule has 1 amide bonds. The lowest BCUT2D eigenvalue weighted by molar-refractivity contribution is -0.697. The number of benzene rings is 1. The fraction of sp³-hybridized carbons (Fsp3) is 0.538. The molecule has 0 aliphatic rings. The van der Waals surface area contributed by atoms with Gasteiger partial charge in [-0.3, -0.25) is 4.79 Å². The van der Waals surface area contributed by atoms with E-state index in [2.05, 4.69) is 40.5 Å². The third-order valence-corrected chi connectivity index (χ3v) is 5.60. The lowest BCUT2D eigenvalue weighted by Crippen LogP contribution is -2.36. The first-order chi connectivity index (χ1) is 14.7. The van der Waals surface area contributed by atoms with Crippen molar-refractivity contribution in [1.82, 2.24) is 5.32 Å². The number of hydrogen-bond acceptors (Lipinski definition) is 2. The summed E-state index contributed by atoms with van der Waals surface area (Å²) in [5, 5.41) is 13.3. The van der Waals surface area contributed by atoms with Crippen molar-refractivity contribution >= 4 is 5.91 Å². The Labute approximate surface area is 182 Å². The predicted octanol–water partition coefficient (Wildman–Crippen LogP) is 5.11. The zero-order valence-corrected chi connectivity index (χ0v) is 18.5. The lowest BCUT2D eigenvalue weighted by Gasteiger charge is -2.20. The number of nitrogens with zero attached hydrogens (tertiary/aromatic N) is 1. The van der Waals surface area contributed by atoms with Crippen molar-refractivity contribution in [2.45, 2.75) is 89.8 Å². The van der Waals surface area contributed by atoms with Gasteiger partial charge in [-0.05, 0) is 25.3 Å². The van der Waals surface area contributed by atoms with Crippen LogP contribution in [0.1, 0.15) is 82.8 Å². The molecule has 2 aromatic rings. The fourth-order valence-electron chi connectivity index (χ4n) is 3.74. The number of rotatable bonds is 15. The van der Waals surface area contributed by atoms with Crippen molar-refractivity contribution in [3.05, 3.63) is 66.5 Å². The van der Waals surface area contributed by atoms with Gasteiger partial charge in [0.15, 0.2) is 12.4 Å². The summed E-state index contributed by atoms with van der Waals surface area (Å²) in [6.07, 6.45) is 15.1. The molecule has 1 aromatic heterocycles. The van der Waals surface area contributed by atoms with Gasteiger partial charge in [0.05, 0.1) is 12.1 Å². The van der Waals surface area contributed by atoms with Crippen molar-refractivity contribution < 1.29 is 14.5 Å². The Hall–Kier alpha value is -2.20. The molecule has 0 saturated carbocycles. The maximum Gasteiger partial charge on any atom is 0.220 e. The van der Waals surface area contributed by atoms with Gasteiger partial charge in [-0.1, -0.05) is 74.9 Å². The average Bonchev–Trinajstić information content (AvgIpc) is 2.78. The molecule has 0 fully saturated rings. The van der Waals surface area contributed by atoms with Crippen LogP contribution >= 0.6 is 0 Å². The second-order valence-corrected chi connectivity index (χ2v) is 8.26. The normalized spacial score (nSPS) is 13.0. The topological polar surface area (TPSA) is 53.2 Å². The van der Waals surface area contributed by atoms with Crippen LogP contribution in [0.3, 0.4) is 0 Å².